The molecule has 0 aromatic carbocycles. The van der Waals surface area contributed by atoms with Gasteiger partial charge in [-0.2, -0.15) is 0 Å². The van der Waals surface area contributed by atoms with Crippen molar-refractivity contribution in [2.45, 2.75) is 18.9 Å². The zero-order valence-electron chi connectivity index (χ0n) is 7.77. The molecule has 0 saturated heterocycles. The molecule has 1 saturated carbocycles. The molecule has 1 heterocycles. The highest BCUT2D eigenvalue weighted by molar-refractivity contribution is 5.78. The third-order valence-corrected chi connectivity index (χ3v) is 1.95. The summed E-state index contributed by atoms with van der Waals surface area (Å²) in [6.45, 7) is 0.0716. The van der Waals surface area contributed by atoms with E-state index in [4.69, 9.17) is 4.74 Å². The standard InChI is InChI=1S/C10H12N2O2/c13-10(12-8-3-4-8)7-14-9-2-1-5-11-6-9/h1-2,5-6,8H,3-4,7H2,(H,12,13). The summed E-state index contributed by atoms with van der Waals surface area (Å²) in [7, 11) is 0. The second kappa shape index (κ2) is 4.09. The molecule has 0 radical (unpaired) electrons. The number of hydrogen-bond acceptors (Lipinski definition) is 3. The molecule has 1 aromatic rings. The normalized spacial score (nSPS) is 14.9. The lowest BCUT2D eigenvalue weighted by Gasteiger charge is -2.05. The number of rotatable bonds is 4. The van der Waals surface area contributed by atoms with Gasteiger partial charge in [-0.15, -0.1) is 0 Å². The topological polar surface area (TPSA) is 51.2 Å². The second-order valence-electron chi connectivity index (χ2n) is 3.32. The number of carbonyl (C=O) groups is 1. The van der Waals surface area contributed by atoms with Crippen LogP contribution in [0.2, 0.25) is 0 Å². The molecule has 0 unspecified atom stereocenters. The fourth-order valence-corrected chi connectivity index (χ4v) is 1.08. The van der Waals surface area contributed by atoms with Crippen molar-refractivity contribution in [1.29, 1.82) is 0 Å². The lowest BCUT2D eigenvalue weighted by atomic mass is 10.5. The summed E-state index contributed by atoms with van der Waals surface area (Å²) in [6.07, 6.45) is 5.44. The molecule has 14 heavy (non-hydrogen) atoms. The van der Waals surface area contributed by atoms with E-state index in [0.29, 0.717) is 11.8 Å². The molecule has 74 valence electrons. The molecule has 1 aliphatic rings. The minimum atomic E-state index is -0.0589. The monoisotopic (exact) mass is 192 g/mol. The zero-order valence-corrected chi connectivity index (χ0v) is 7.77. The second-order valence-corrected chi connectivity index (χ2v) is 3.32. The van der Waals surface area contributed by atoms with Crippen molar-refractivity contribution >= 4 is 5.91 Å². The van der Waals surface area contributed by atoms with Gasteiger partial charge in [0, 0.05) is 12.2 Å². The highest BCUT2D eigenvalue weighted by Crippen LogP contribution is 2.18. The molecule has 1 fully saturated rings. The number of amides is 1. The summed E-state index contributed by atoms with van der Waals surface area (Å²) < 4.78 is 5.22. The van der Waals surface area contributed by atoms with Crippen LogP contribution in [0.25, 0.3) is 0 Å². The Balaban J connectivity index is 1.73. The van der Waals surface area contributed by atoms with Gasteiger partial charge in [0.2, 0.25) is 0 Å². The number of nitrogens with zero attached hydrogens (tertiary/aromatic N) is 1. The lowest BCUT2D eigenvalue weighted by molar-refractivity contribution is -0.123. The third-order valence-electron chi connectivity index (χ3n) is 1.95. The first-order valence-corrected chi connectivity index (χ1v) is 4.67. The van der Waals surface area contributed by atoms with Gasteiger partial charge in [-0.25, -0.2) is 0 Å². The molecule has 0 aliphatic heterocycles. The fourth-order valence-electron chi connectivity index (χ4n) is 1.08. The predicted molar refractivity (Wildman–Crippen MR) is 50.9 cm³/mol. The van der Waals surface area contributed by atoms with Crippen molar-refractivity contribution in [3.05, 3.63) is 24.5 Å². The van der Waals surface area contributed by atoms with Gasteiger partial charge in [0.05, 0.1) is 6.20 Å². The van der Waals surface area contributed by atoms with E-state index < -0.39 is 0 Å². The van der Waals surface area contributed by atoms with Gasteiger partial charge < -0.3 is 10.1 Å². The molecule has 2 rings (SSSR count). The van der Waals surface area contributed by atoms with Crippen LogP contribution in [0.3, 0.4) is 0 Å². The molecule has 0 spiro atoms. The average molecular weight is 192 g/mol. The average Bonchev–Trinajstić information content (AvgIpc) is 3.00. The fraction of sp³-hybridized carbons (Fsp3) is 0.400. The summed E-state index contributed by atoms with van der Waals surface area (Å²) in [5.41, 5.74) is 0. The van der Waals surface area contributed by atoms with Crippen molar-refractivity contribution in [3.63, 3.8) is 0 Å². The smallest absolute Gasteiger partial charge is 0.258 e. The minimum absolute atomic E-state index is 0.0589. The highest BCUT2D eigenvalue weighted by atomic mass is 16.5. The molecule has 1 amide bonds. The highest BCUT2D eigenvalue weighted by Gasteiger charge is 2.23. The lowest BCUT2D eigenvalue weighted by Crippen LogP contribution is -2.30. The van der Waals surface area contributed by atoms with Crippen LogP contribution in [0.15, 0.2) is 24.5 Å². The van der Waals surface area contributed by atoms with Gasteiger partial charge in [0.1, 0.15) is 5.75 Å². The van der Waals surface area contributed by atoms with Gasteiger partial charge in [-0.05, 0) is 25.0 Å². The van der Waals surface area contributed by atoms with Crippen LogP contribution in [0.5, 0.6) is 5.75 Å². The van der Waals surface area contributed by atoms with Crippen LogP contribution in [0.4, 0.5) is 0 Å². The first-order valence-electron chi connectivity index (χ1n) is 4.67. The molecule has 1 N–H and O–H groups in total. The summed E-state index contributed by atoms with van der Waals surface area (Å²) in [5, 5.41) is 2.84. The summed E-state index contributed by atoms with van der Waals surface area (Å²) in [5.74, 6) is 0.565. The van der Waals surface area contributed by atoms with E-state index in [1.165, 1.54) is 0 Å². The van der Waals surface area contributed by atoms with Crippen LogP contribution in [0, 0.1) is 0 Å². The van der Waals surface area contributed by atoms with E-state index in [1.54, 1.807) is 24.5 Å². The molecule has 1 aromatic heterocycles. The van der Waals surface area contributed by atoms with Crippen molar-refractivity contribution in [2.75, 3.05) is 6.61 Å². The van der Waals surface area contributed by atoms with Crippen LogP contribution < -0.4 is 10.1 Å². The van der Waals surface area contributed by atoms with Gasteiger partial charge in [0.15, 0.2) is 6.61 Å². The Kier molecular flexibility index (Phi) is 2.62. The van der Waals surface area contributed by atoms with Gasteiger partial charge >= 0.3 is 0 Å². The SMILES string of the molecule is O=C(COc1cccnc1)NC1CC1. The largest absolute Gasteiger partial charge is 0.482 e. The quantitative estimate of drug-likeness (QED) is 0.765. The van der Waals surface area contributed by atoms with E-state index in [9.17, 15) is 4.79 Å². The maximum Gasteiger partial charge on any atom is 0.258 e. The third kappa shape index (κ3) is 2.73. The Hall–Kier alpha value is -1.58. The Labute approximate surface area is 82.3 Å². The van der Waals surface area contributed by atoms with Gasteiger partial charge in [-0.3, -0.25) is 9.78 Å². The number of ether oxygens (including phenoxy) is 1. The molecule has 0 bridgehead atoms. The number of aromatic nitrogens is 1. The summed E-state index contributed by atoms with van der Waals surface area (Å²) in [4.78, 5) is 15.1. The molecular weight excluding hydrogens is 180 g/mol. The van der Waals surface area contributed by atoms with Crippen LogP contribution in [0.1, 0.15) is 12.8 Å². The Morgan fingerprint density at radius 2 is 2.50 bits per heavy atom. The zero-order chi connectivity index (χ0) is 9.80. The minimum Gasteiger partial charge on any atom is -0.482 e. The summed E-state index contributed by atoms with van der Waals surface area (Å²) >= 11 is 0. The number of pyridine rings is 1. The van der Waals surface area contributed by atoms with Crippen molar-refractivity contribution in [2.24, 2.45) is 0 Å². The number of hydrogen-bond donors (Lipinski definition) is 1. The van der Waals surface area contributed by atoms with Crippen molar-refractivity contribution in [1.82, 2.24) is 10.3 Å². The molecule has 0 atom stereocenters. The van der Waals surface area contributed by atoms with Crippen LogP contribution in [-0.4, -0.2) is 23.5 Å². The maximum atomic E-state index is 11.2. The predicted octanol–water partition coefficient (Wildman–Crippen LogP) is 0.739. The van der Waals surface area contributed by atoms with E-state index >= 15 is 0 Å². The van der Waals surface area contributed by atoms with Gasteiger partial charge in [0.25, 0.3) is 5.91 Å². The van der Waals surface area contributed by atoms with E-state index in [1.807, 2.05) is 0 Å². The number of carbonyl (C=O) groups excluding carboxylic acids is 1. The van der Waals surface area contributed by atoms with E-state index in [-0.39, 0.29) is 12.5 Å². The van der Waals surface area contributed by atoms with Crippen LogP contribution in [-0.2, 0) is 4.79 Å². The molecular formula is C10H12N2O2. The summed E-state index contributed by atoms with van der Waals surface area (Å²) in [6, 6.07) is 3.94. The van der Waals surface area contributed by atoms with Gasteiger partial charge in [-0.1, -0.05) is 0 Å². The van der Waals surface area contributed by atoms with Crippen molar-refractivity contribution in [3.8, 4) is 5.75 Å². The first-order chi connectivity index (χ1) is 6.84. The molecule has 4 nitrogen and oxygen atoms in total. The molecule has 4 heteroatoms. The van der Waals surface area contributed by atoms with E-state index in [0.717, 1.165) is 12.8 Å². The maximum absolute atomic E-state index is 11.2. The first kappa shape index (κ1) is 8.99. The Morgan fingerprint density at radius 3 is 3.14 bits per heavy atom. The van der Waals surface area contributed by atoms with Crippen molar-refractivity contribution < 1.29 is 9.53 Å². The molecule has 1 aliphatic carbocycles. The Morgan fingerprint density at radius 1 is 1.64 bits per heavy atom. The number of nitrogens with one attached hydrogen (secondary N) is 1. The van der Waals surface area contributed by atoms with E-state index in [2.05, 4.69) is 10.3 Å². The Bertz CT molecular complexity index is 309. The van der Waals surface area contributed by atoms with Crippen LogP contribution >= 0.6 is 0 Å².